The van der Waals surface area contributed by atoms with Crippen LogP contribution in [0.3, 0.4) is 0 Å². The molecule has 2 aromatic heterocycles. The first-order valence-electron chi connectivity index (χ1n) is 9.75. The summed E-state index contributed by atoms with van der Waals surface area (Å²) in [5, 5.41) is 31.0. The van der Waals surface area contributed by atoms with Crippen LogP contribution in [0.25, 0.3) is 11.2 Å². The van der Waals surface area contributed by atoms with Gasteiger partial charge in [-0.3, -0.25) is 9.88 Å². The molecule has 13 nitrogen and oxygen atoms in total. The van der Waals surface area contributed by atoms with Crippen LogP contribution in [0.15, 0.2) is 43.0 Å². The molecule has 1 saturated heterocycles. The molecule has 168 valence electrons. The average Bonchev–Trinajstić information content (AvgIpc) is 3.34. The van der Waals surface area contributed by atoms with Gasteiger partial charge in [-0.2, -0.15) is 0 Å². The number of nitrogens with one attached hydrogen (secondary N) is 4. The number of fused-ring (bicyclic) bond motifs is 1. The Balaban J connectivity index is 1.51. The number of aliphatic hydroxyl groups excluding tert-OH is 2. The van der Waals surface area contributed by atoms with E-state index in [-0.39, 0.29) is 23.5 Å². The minimum absolute atomic E-state index is 0.0114. The van der Waals surface area contributed by atoms with Crippen molar-refractivity contribution in [1.82, 2.24) is 30.2 Å². The number of para-hydroxylation sites is 1. The molecule has 0 unspecified atom stereocenters. The molecule has 0 bridgehead atoms. The third-order valence-electron chi connectivity index (χ3n) is 4.92. The van der Waals surface area contributed by atoms with Crippen LogP contribution < -0.4 is 21.3 Å². The summed E-state index contributed by atoms with van der Waals surface area (Å²) in [5.74, 6) is 0.160. The lowest BCUT2D eigenvalue weighted by molar-refractivity contribution is -0.0335. The van der Waals surface area contributed by atoms with Crippen LogP contribution in [-0.4, -0.2) is 73.7 Å². The molecule has 0 spiro atoms. The average molecular weight is 442 g/mol. The molecule has 3 heterocycles. The van der Waals surface area contributed by atoms with Gasteiger partial charge in [-0.15, -0.1) is 0 Å². The van der Waals surface area contributed by atoms with Crippen LogP contribution in [0.5, 0.6) is 0 Å². The molecule has 13 heteroatoms. The zero-order valence-corrected chi connectivity index (χ0v) is 17.0. The molecule has 3 aromatic rings. The van der Waals surface area contributed by atoms with Crippen LogP contribution in [0.1, 0.15) is 6.23 Å². The van der Waals surface area contributed by atoms with Gasteiger partial charge in [0.05, 0.1) is 6.33 Å². The zero-order valence-electron chi connectivity index (χ0n) is 17.0. The van der Waals surface area contributed by atoms with Gasteiger partial charge in [-0.25, -0.2) is 24.5 Å². The molecule has 0 radical (unpaired) electrons. The predicted octanol–water partition coefficient (Wildman–Crippen LogP) is 0.0185. The monoisotopic (exact) mass is 442 g/mol. The van der Waals surface area contributed by atoms with Crippen LogP contribution in [0.4, 0.5) is 21.1 Å². The van der Waals surface area contributed by atoms with Gasteiger partial charge in [0, 0.05) is 19.3 Å². The quantitative estimate of drug-likeness (QED) is 0.320. The molecule has 4 amide bonds. The van der Waals surface area contributed by atoms with Crippen LogP contribution in [0.2, 0.25) is 0 Å². The fourth-order valence-electron chi connectivity index (χ4n) is 3.33. The summed E-state index contributed by atoms with van der Waals surface area (Å²) in [7, 11) is 1.46. The molecule has 4 atom stereocenters. The minimum Gasteiger partial charge on any atom is -0.387 e. The molecule has 1 aromatic carbocycles. The Morgan fingerprint density at radius 2 is 1.84 bits per heavy atom. The van der Waals surface area contributed by atoms with Gasteiger partial charge in [0.15, 0.2) is 23.2 Å². The van der Waals surface area contributed by atoms with Crippen LogP contribution in [0, 0.1) is 0 Å². The highest BCUT2D eigenvalue weighted by Crippen LogP contribution is 2.32. The van der Waals surface area contributed by atoms with Crippen molar-refractivity contribution in [3.05, 3.63) is 43.0 Å². The van der Waals surface area contributed by atoms with E-state index in [1.807, 2.05) is 6.07 Å². The first kappa shape index (κ1) is 21.4. The highest BCUT2D eigenvalue weighted by molar-refractivity contribution is 6.02. The second-order valence-corrected chi connectivity index (χ2v) is 7.00. The van der Waals surface area contributed by atoms with E-state index in [0.717, 1.165) is 0 Å². The fraction of sp³-hybridized carbons (Fsp3) is 0.316. The van der Waals surface area contributed by atoms with Crippen LogP contribution in [-0.2, 0) is 4.74 Å². The lowest BCUT2D eigenvalue weighted by atomic mass is 10.1. The van der Waals surface area contributed by atoms with Crippen molar-refractivity contribution < 1.29 is 24.5 Å². The number of hydrogen-bond donors (Lipinski definition) is 6. The number of ether oxygens (including phenoxy) is 1. The summed E-state index contributed by atoms with van der Waals surface area (Å²) in [6.07, 6.45) is -1.79. The van der Waals surface area contributed by atoms with Gasteiger partial charge in [-0.05, 0) is 12.1 Å². The molecule has 32 heavy (non-hydrogen) atoms. The molecule has 0 saturated carbocycles. The minimum atomic E-state index is -1.29. The van der Waals surface area contributed by atoms with Gasteiger partial charge >= 0.3 is 12.1 Å². The van der Waals surface area contributed by atoms with E-state index in [9.17, 15) is 19.8 Å². The maximum Gasteiger partial charge on any atom is 0.324 e. The maximum atomic E-state index is 12.3. The van der Waals surface area contributed by atoms with E-state index in [4.69, 9.17) is 4.74 Å². The number of aromatic nitrogens is 4. The lowest BCUT2D eigenvalue weighted by Gasteiger charge is -2.16. The van der Waals surface area contributed by atoms with Crippen molar-refractivity contribution in [1.29, 1.82) is 0 Å². The normalized spacial score (nSPS) is 22.5. The van der Waals surface area contributed by atoms with Crippen molar-refractivity contribution in [3.8, 4) is 0 Å². The summed E-state index contributed by atoms with van der Waals surface area (Å²) >= 11 is 0. The molecule has 4 rings (SSSR count). The Hall–Kier alpha value is -3.81. The Kier molecular flexibility index (Phi) is 6.11. The fourth-order valence-corrected chi connectivity index (χ4v) is 3.33. The number of urea groups is 2. The van der Waals surface area contributed by atoms with Gasteiger partial charge in [0.1, 0.15) is 24.6 Å². The Morgan fingerprint density at radius 3 is 2.59 bits per heavy atom. The number of rotatable bonds is 5. The van der Waals surface area contributed by atoms with Gasteiger partial charge < -0.3 is 30.9 Å². The van der Waals surface area contributed by atoms with Gasteiger partial charge in [-0.1, -0.05) is 18.2 Å². The molecule has 1 fully saturated rings. The zero-order chi connectivity index (χ0) is 22.7. The third-order valence-corrected chi connectivity index (χ3v) is 4.92. The van der Waals surface area contributed by atoms with E-state index >= 15 is 0 Å². The number of nitrogens with zero attached hydrogens (tertiary/aromatic N) is 4. The number of amides is 4. The largest absolute Gasteiger partial charge is 0.387 e. The summed E-state index contributed by atoms with van der Waals surface area (Å²) in [5.41, 5.74) is 1.16. The summed E-state index contributed by atoms with van der Waals surface area (Å²) in [4.78, 5) is 36.2. The number of imidazole rings is 1. The Labute approximate surface area is 181 Å². The maximum absolute atomic E-state index is 12.3. The number of anilines is 2. The number of hydrogen-bond acceptors (Lipinski definition) is 8. The highest BCUT2D eigenvalue weighted by Gasteiger charge is 2.44. The smallest absolute Gasteiger partial charge is 0.324 e. The second kappa shape index (κ2) is 9.13. The van der Waals surface area contributed by atoms with Crippen molar-refractivity contribution >= 4 is 34.7 Å². The Morgan fingerprint density at radius 1 is 1.06 bits per heavy atom. The summed E-state index contributed by atoms with van der Waals surface area (Å²) in [6.45, 7) is -0.0114. The molecule has 1 aliphatic rings. The molecule has 6 N–H and O–H groups in total. The number of benzene rings is 1. The standard InChI is InChI=1S/C19H22N8O5/c1-20-18(30)21-7-11-13(28)14(29)17(32-11)27-9-24-12-15(22-8-23-16(12)27)26-19(31)25-10-5-3-2-4-6-10/h2-6,8-9,11,13-14,17,28-29H,7H2,1H3,(H2,20,21,30)(H2,22,23,25,26,31)/t11-,13-,14-,17-/m1/s1. The number of carbonyl (C=O) groups is 2. The summed E-state index contributed by atoms with van der Waals surface area (Å²) < 4.78 is 7.19. The Bertz CT molecular complexity index is 1110. The van der Waals surface area contributed by atoms with E-state index in [1.54, 1.807) is 24.3 Å². The molecule has 0 aliphatic carbocycles. The van der Waals surface area contributed by atoms with Crippen molar-refractivity contribution in [2.75, 3.05) is 24.2 Å². The topological polar surface area (TPSA) is 176 Å². The third kappa shape index (κ3) is 4.30. The molecular formula is C19H22N8O5. The predicted molar refractivity (Wildman–Crippen MR) is 113 cm³/mol. The second-order valence-electron chi connectivity index (χ2n) is 7.00. The van der Waals surface area contributed by atoms with E-state index in [2.05, 4.69) is 36.2 Å². The summed E-state index contributed by atoms with van der Waals surface area (Å²) in [6, 6.07) is 7.94. The van der Waals surface area contributed by atoms with Crippen molar-refractivity contribution in [3.63, 3.8) is 0 Å². The first-order valence-corrected chi connectivity index (χ1v) is 9.75. The van der Waals surface area contributed by atoms with Gasteiger partial charge in [0.2, 0.25) is 0 Å². The molecule has 1 aliphatic heterocycles. The van der Waals surface area contributed by atoms with E-state index < -0.39 is 36.6 Å². The number of aliphatic hydroxyl groups is 2. The van der Waals surface area contributed by atoms with Crippen LogP contribution >= 0.6 is 0 Å². The van der Waals surface area contributed by atoms with Crippen molar-refractivity contribution in [2.24, 2.45) is 0 Å². The number of carbonyl (C=O) groups excluding carboxylic acids is 2. The SMILES string of the molecule is CNC(=O)NC[C@H]1O[C@@H](n2cnc3c(NC(=O)Nc4ccccc4)ncnc32)[C@H](O)[C@@H]1O. The van der Waals surface area contributed by atoms with E-state index in [0.29, 0.717) is 5.69 Å². The van der Waals surface area contributed by atoms with Gasteiger partial charge in [0.25, 0.3) is 0 Å². The molecular weight excluding hydrogens is 420 g/mol. The van der Waals surface area contributed by atoms with Crippen molar-refractivity contribution in [2.45, 2.75) is 24.5 Å². The first-order chi connectivity index (χ1) is 15.5. The lowest BCUT2D eigenvalue weighted by Crippen LogP contribution is -2.42. The van der Waals surface area contributed by atoms with E-state index in [1.165, 1.54) is 24.3 Å². The highest BCUT2D eigenvalue weighted by atomic mass is 16.6.